The molecule has 0 aliphatic carbocycles. The molecule has 90 valence electrons. The standard InChI is InChI=1S/C13H17N3O/c1-8-4-5-16(7-8)9-2-3-10-11(6-9)15-13(17)12(10)14/h2-3,6,8,12H,4-5,7,14H2,1H3,(H,15,17). The molecule has 0 aromatic heterocycles. The minimum absolute atomic E-state index is 0.105. The fourth-order valence-corrected chi connectivity index (χ4v) is 2.64. The van der Waals surface area contributed by atoms with Crippen LogP contribution in [-0.4, -0.2) is 19.0 Å². The molecule has 4 nitrogen and oxygen atoms in total. The Morgan fingerprint density at radius 2 is 2.29 bits per heavy atom. The number of nitrogens with zero attached hydrogens (tertiary/aromatic N) is 1. The SMILES string of the molecule is CC1CCN(c2ccc3c(c2)NC(=O)C3N)C1. The molecule has 0 bridgehead atoms. The number of rotatable bonds is 1. The first-order valence-electron chi connectivity index (χ1n) is 6.10. The largest absolute Gasteiger partial charge is 0.371 e. The Hall–Kier alpha value is -1.55. The van der Waals surface area contributed by atoms with Gasteiger partial charge in [0.1, 0.15) is 6.04 Å². The lowest BCUT2D eigenvalue weighted by atomic mass is 10.1. The molecule has 1 amide bonds. The van der Waals surface area contributed by atoms with Crippen LogP contribution in [0.25, 0.3) is 0 Å². The highest BCUT2D eigenvalue weighted by Gasteiger charge is 2.28. The topological polar surface area (TPSA) is 58.4 Å². The maximum atomic E-state index is 11.5. The molecule has 0 saturated carbocycles. The van der Waals surface area contributed by atoms with Gasteiger partial charge in [-0.15, -0.1) is 0 Å². The highest BCUT2D eigenvalue weighted by Crippen LogP contribution is 2.34. The number of anilines is 2. The van der Waals surface area contributed by atoms with E-state index in [1.165, 1.54) is 12.1 Å². The summed E-state index contributed by atoms with van der Waals surface area (Å²) >= 11 is 0. The maximum Gasteiger partial charge on any atom is 0.245 e. The van der Waals surface area contributed by atoms with Crippen LogP contribution >= 0.6 is 0 Å². The summed E-state index contributed by atoms with van der Waals surface area (Å²) in [6.07, 6.45) is 1.24. The van der Waals surface area contributed by atoms with Crippen LogP contribution in [0.1, 0.15) is 24.9 Å². The van der Waals surface area contributed by atoms with E-state index >= 15 is 0 Å². The van der Waals surface area contributed by atoms with E-state index in [0.29, 0.717) is 0 Å². The molecule has 1 saturated heterocycles. The van der Waals surface area contributed by atoms with Crippen LogP contribution in [0.15, 0.2) is 18.2 Å². The minimum atomic E-state index is -0.503. The van der Waals surface area contributed by atoms with E-state index in [1.54, 1.807) is 0 Å². The lowest BCUT2D eigenvalue weighted by molar-refractivity contribution is -0.116. The molecule has 2 aliphatic heterocycles. The van der Waals surface area contributed by atoms with E-state index in [0.717, 1.165) is 30.3 Å². The highest BCUT2D eigenvalue weighted by atomic mass is 16.2. The van der Waals surface area contributed by atoms with E-state index in [2.05, 4.69) is 23.2 Å². The second kappa shape index (κ2) is 3.74. The number of carbonyl (C=O) groups excluding carboxylic acids is 1. The molecule has 0 radical (unpaired) electrons. The van der Waals surface area contributed by atoms with Crippen molar-refractivity contribution in [1.82, 2.24) is 0 Å². The second-order valence-electron chi connectivity index (χ2n) is 5.08. The van der Waals surface area contributed by atoms with Crippen molar-refractivity contribution in [1.29, 1.82) is 0 Å². The highest BCUT2D eigenvalue weighted by molar-refractivity contribution is 6.02. The van der Waals surface area contributed by atoms with Crippen LogP contribution in [0.5, 0.6) is 0 Å². The summed E-state index contributed by atoms with van der Waals surface area (Å²) in [5, 5.41) is 2.83. The summed E-state index contributed by atoms with van der Waals surface area (Å²) in [6.45, 7) is 4.46. The van der Waals surface area contributed by atoms with Crippen LogP contribution in [0.4, 0.5) is 11.4 Å². The van der Waals surface area contributed by atoms with Crippen molar-refractivity contribution in [3.63, 3.8) is 0 Å². The summed E-state index contributed by atoms with van der Waals surface area (Å²) in [6, 6.07) is 5.57. The van der Waals surface area contributed by atoms with Gasteiger partial charge in [-0.1, -0.05) is 13.0 Å². The van der Waals surface area contributed by atoms with Gasteiger partial charge in [0, 0.05) is 30.0 Å². The Kier molecular flexibility index (Phi) is 2.33. The summed E-state index contributed by atoms with van der Waals surface area (Å²) in [4.78, 5) is 13.8. The van der Waals surface area contributed by atoms with Crippen molar-refractivity contribution >= 4 is 17.3 Å². The Labute approximate surface area is 101 Å². The van der Waals surface area contributed by atoms with Crippen molar-refractivity contribution in [3.05, 3.63) is 23.8 Å². The molecule has 4 heteroatoms. The molecule has 17 heavy (non-hydrogen) atoms. The Morgan fingerprint density at radius 1 is 1.47 bits per heavy atom. The number of hydrogen-bond donors (Lipinski definition) is 2. The van der Waals surface area contributed by atoms with E-state index in [1.807, 2.05) is 12.1 Å². The quantitative estimate of drug-likeness (QED) is 0.769. The molecule has 2 aliphatic rings. The predicted octanol–water partition coefficient (Wildman–Crippen LogP) is 1.48. The van der Waals surface area contributed by atoms with Crippen molar-refractivity contribution < 1.29 is 4.79 Å². The van der Waals surface area contributed by atoms with E-state index in [9.17, 15) is 4.79 Å². The lowest BCUT2D eigenvalue weighted by Gasteiger charge is -2.19. The van der Waals surface area contributed by atoms with Gasteiger partial charge in [0.05, 0.1) is 0 Å². The Morgan fingerprint density at radius 3 is 3.00 bits per heavy atom. The van der Waals surface area contributed by atoms with Gasteiger partial charge in [0.15, 0.2) is 0 Å². The summed E-state index contributed by atoms with van der Waals surface area (Å²) in [5.41, 5.74) is 8.76. The summed E-state index contributed by atoms with van der Waals surface area (Å²) in [7, 11) is 0. The maximum absolute atomic E-state index is 11.5. The molecule has 0 spiro atoms. The zero-order valence-corrected chi connectivity index (χ0v) is 9.94. The number of hydrogen-bond acceptors (Lipinski definition) is 3. The van der Waals surface area contributed by atoms with Gasteiger partial charge < -0.3 is 16.0 Å². The van der Waals surface area contributed by atoms with Crippen LogP contribution in [0.2, 0.25) is 0 Å². The molecule has 2 atom stereocenters. The normalized spacial score (nSPS) is 27.2. The molecule has 1 aromatic carbocycles. The molecular weight excluding hydrogens is 214 g/mol. The minimum Gasteiger partial charge on any atom is -0.371 e. The molecule has 1 aromatic rings. The first kappa shape index (κ1) is 10.6. The summed E-state index contributed by atoms with van der Waals surface area (Å²) in [5.74, 6) is 0.645. The third kappa shape index (κ3) is 1.69. The van der Waals surface area contributed by atoms with Crippen molar-refractivity contribution in [2.45, 2.75) is 19.4 Å². The van der Waals surface area contributed by atoms with Crippen molar-refractivity contribution in [2.24, 2.45) is 11.7 Å². The van der Waals surface area contributed by atoms with Gasteiger partial charge in [0.25, 0.3) is 0 Å². The van der Waals surface area contributed by atoms with Gasteiger partial charge in [-0.3, -0.25) is 4.79 Å². The Bertz CT molecular complexity index is 472. The molecule has 2 heterocycles. The smallest absolute Gasteiger partial charge is 0.245 e. The molecule has 2 unspecified atom stereocenters. The zero-order valence-electron chi connectivity index (χ0n) is 9.94. The monoisotopic (exact) mass is 231 g/mol. The van der Waals surface area contributed by atoms with Crippen molar-refractivity contribution in [2.75, 3.05) is 23.3 Å². The van der Waals surface area contributed by atoms with Crippen LogP contribution in [0, 0.1) is 5.92 Å². The van der Waals surface area contributed by atoms with Gasteiger partial charge >= 0.3 is 0 Å². The fraction of sp³-hybridized carbons (Fsp3) is 0.462. The van der Waals surface area contributed by atoms with Crippen LogP contribution in [0.3, 0.4) is 0 Å². The summed E-state index contributed by atoms with van der Waals surface area (Å²) < 4.78 is 0. The van der Waals surface area contributed by atoms with Gasteiger partial charge in [-0.25, -0.2) is 0 Å². The zero-order chi connectivity index (χ0) is 12.0. The average molecular weight is 231 g/mol. The van der Waals surface area contributed by atoms with Gasteiger partial charge in [0.2, 0.25) is 5.91 Å². The number of nitrogens with two attached hydrogens (primary N) is 1. The number of carbonyl (C=O) groups is 1. The molecule has 1 fully saturated rings. The van der Waals surface area contributed by atoms with Crippen LogP contribution in [-0.2, 0) is 4.79 Å². The molecule has 3 rings (SSSR count). The van der Waals surface area contributed by atoms with Crippen molar-refractivity contribution in [3.8, 4) is 0 Å². The number of amides is 1. The van der Waals surface area contributed by atoms with Crippen LogP contribution < -0.4 is 16.0 Å². The average Bonchev–Trinajstić information content (AvgIpc) is 2.85. The molecular formula is C13H17N3O. The van der Waals surface area contributed by atoms with Gasteiger partial charge in [-0.2, -0.15) is 0 Å². The van der Waals surface area contributed by atoms with E-state index in [4.69, 9.17) is 5.73 Å². The Balaban J connectivity index is 1.90. The fourth-order valence-electron chi connectivity index (χ4n) is 2.64. The third-order valence-electron chi connectivity index (χ3n) is 3.70. The molecule has 3 N–H and O–H groups in total. The first-order chi connectivity index (χ1) is 8.15. The number of fused-ring (bicyclic) bond motifs is 1. The lowest BCUT2D eigenvalue weighted by Crippen LogP contribution is -2.19. The van der Waals surface area contributed by atoms with E-state index < -0.39 is 6.04 Å². The van der Waals surface area contributed by atoms with Gasteiger partial charge in [-0.05, 0) is 24.5 Å². The predicted molar refractivity (Wildman–Crippen MR) is 68.0 cm³/mol. The second-order valence-corrected chi connectivity index (χ2v) is 5.08. The van der Waals surface area contributed by atoms with E-state index in [-0.39, 0.29) is 5.91 Å². The third-order valence-corrected chi connectivity index (χ3v) is 3.70. The number of nitrogens with one attached hydrogen (secondary N) is 1. The first-order valence-corrected chi connectivity index (χ1v) is 6.10. The number of benzene rings is 1.